The van der Waals surface area contributed by atoms with E-state index in [0.717, 1.165) is 45.5 Å². The van der Waals surface area contributed by atoms with E-state index in [1.165, 1.54) is 6.29 Å². The summed E-state index contributed by atoms with van der Waals surface area (Å²) in [5, 5.41) is 3.38. The van der Waals surface area contributed by atoms with Gasteiger partial charge in [0, 0.05) is 19.6 Å². The van der Waals surface area contributed by atoms with Gasteiger partial charge in [-0.25, -0.2) is 0 Å². The monoisotopic (exact) mass is 199 g/mol. The number of nitrogens with zero attached hydrogens (tertiary/aromatic N) is 2. The normalized spacial score (nSPS) is 18.6. The summed E-state index contributed by atoms with van der Waals surface area (Å²) in [4.78, 5) is 16.8. The predicted molar refractivity (Wildman–Crippen MR) is 52.0 cm³/mol. The minimum Gasteiger partial charge on any atom is -0.396 e. The van der Waals surface area contributed by atoms with E-state index < -0.39 is 0 Å². The smallest absolute Gasteiger partial charge is 0.248 e. The molecule has 0 aromatic heterocycles. The molecule has 79 valence electrons. The Kier molecular flexibility index (Phi) is 5.94. The standard InChI is InChI=1S/C9H15N2O3/c12-6-2-10-14-7-1-3-11-4-8-13-9-5-11/h2H,1,3-5,7-9H2. The molecule has 1 heterocycles. The highest BCUT2D eigenvalue weighted by Gasteiger charge is 2.08. The number of hydrogen-bond donors (Lipinski definition) is 0. The van der Waals surface area contributed by atoms with Crippen molar-refractivity contribution >= 4 is 12.5 Å². The zero-order valence-corrected chi connectivity index (χ0v) is 8.15. The van der Waals surface area contributed by atoms with Crippen molar-refractivity contribution < 1.29 is 14.4 Å². The number of rotatable bonds is 6. The summed E-state index contributed by atoms with van der Waals surface area (Å²) in [6.45, 7) is 5.15. The molecule has 0 unspecified atom stereocenters. The predicted octanol–water partition coefficient (Wildman–Crippen LogP) is -0.179. The van der Waals surface area contributed by atoms with Crippen LogP contribution in [0.5, 0.6) is 0 Å². The second-order valence-electron chi connectivity index (χ2n) is 2.99. The molecule has 0 bridgehead atoms. The van der Waals surface area contributed by atoms with E-state index in [2.05, 4.69) is 10.1 Å². The molecule has 5 nitrogen and oxygen atoms in total. The van der Waals surface area contributed by atoms with Crippen LogP contribution in [0, 0.1) is 0 Å². The zero-order valence-electron chi connectivity index (χ0n) is 8.15. The molecular formula is C9H15N2O3. The molecule has 0 aromatic carbocycles. The summed E-state index contributed by atoms with van der Waals surface area (Å²) in [5.74, 6) is 0. The quantitative estimate of drug-likeness (QED) is 0.338. The summed E-state index contributed by atoms with van der Waals surface area (Å²) >= 11 is 0. The second-order valence-corrected chi connectivity index (χ2v) is 2.99. The molecule has 0 aromatic rings. The van der Waals surface area contributed by atoms with Crippen LogP contribution in [-0.2, 0) is 14.4 Å². The topological polar surface area (TPSA) is 51.1 Å². The van der Waals surface area contributed by atoms with Gasteiger partial charge in [-0.1, -0.05) is 5.16 Å². The molecule has 1 fully saturated rings. The minimum atomic E-state index is 0.537. The van der Waals surface area contributed by atoms with Crippen molar-refractivity contribution in [3.8, 4) is 0 Å². The first-order valence-electron chi connectivity index (χ1n) is 4.75. The van der Waals surface area contributed by atoms with Gasteiger partial charge in [0.15, 0.2) is 0 Å². The summed E-state index contributed by atoms with van der Waals surface area (Å²) in [7, 11) is 0. The third kappa shape index (κ3) is 4.94. The Morgan fingerprint density at radius 2 is 2.29 bits per heavy atom. The zero-order chi connectivity index (χ0) is 10.1. The van der Waals surface area contributed by atoms with Crippen LogP contribution in [0.4, 0.5) is 0 Å². The fraction of sp³-hybridized carbons (Fsp3) is 0.778. The third-order valence-electron chi connectivity index (χ3n) is 1.99. The van der Waals surface area contributed by atoms with Gasteiger partial charge in [-0.05, 0) is 6.42 Å². The molecule has 0 N–H and O–H groups in total. The molecule has 5 heteroatoms. The summed E-state index contributed by atoms with van der Waals surface area (Å²) in [6.07, 6.45) is 3.41. The summed E-state index contributed by atoms with van der Waals surface area (Å²) < 4.78 is 5.22. The van der Waals surface area contributed by atoms with Crippen LogP contribution >= 0.6 is 0 Å². The van der Waals surface area contributed by atoms with Gasteiger partial charge in [-0.2, -0.15) is 0 Å². The molecule has 0 atom stereocenters. The van der Waals surface area contributed by atoms with E-state index in [1.807, 2.05) is 0 Å². The van der Waals surface area contributed by atoms with E-state index in [-0.39, 0.29) is 0 Å². The lowest BCUT2D eigenvalue weighted by atomic mass is 10.3. The highest BCUT2D eigenvalue weighted by Crippen LogP contribution is 1.97. The van der Waals surface area contributed by atoms with Gasteiger partial charge >= 0.3 is 0 Å². The molecule has 1 aliphatic heterocycles. The van der Waals surface area contributed by atoms with E-state index in [9.17, 15) is 4.79 Å². The first-order chi connectivity index (χ1) is 6.93. The number of ether oxygens (including phenoxy) is 1. The molecule has 1 rings (SSSR count). The fourth-order valence-corrected chi connectivity index (χ4v) is 1.29. The van der Waals surface area contributed by atoms with Crippen LogP contribution in [-0.4, -0.2) is 56.9 Å². The van der Waals surface area contributed by atoms with Crippen LogP contribution in [0.25, 0.3) is 0 Å². The molecule has 1 saturated heterocycles. The minimum absolute atomic E-state index is 0.537. The Morgan fingerprint density at radius 3 is 3.00 bits per heavy atom. The average Bonchev–Trinajstić information content (AvgIpc) is 2.25. The summed E-state index contributed by atoms with van der Waals surface area (Å²) in [6, 6.07) is 0. The van der Waals surface area contributed by atoms with Gasteiger partial charge in [0.05, 0.1) is 13.2 Å². The summed E-state index contributed by atoms with van der Waals surface area (Å²) in [5.41, 5.74) is 0. The van der Waals surface area contributed by atoms with E-state index in [0.29, 0.717) is 6.61 Å². The van der Waals surface area contributed by atoms with Crippen LogP contribution in [0.3, 0.4) is 0 Å². The lowest BCUT2D eigenvalue weighted by Crippen LogP contribution is -2.37. The SMILES string of the molecule is O=[C]C=NOCCCN1CCOCC1. The van der Waals surface area contributed by atoms with Crippen molar-refractivity contribution in [1.82, 2.24) is 4.90 Å². The van der Waals surface area contributed by atoms with E-state index in [1.54, 1.807) is 0 Å². The number of oxime groups is 1. The molecular weight excluding hydrogens is 184 g/mol. The Bertz CT molecular complexity index is 179. The number of hydrogen-bond acceptors (Lipinski definition) is 5. The van der Waals surface area contributed by atoms with Crippen LogP contribution in [0.1, 0.15) is 6.42 Å². The Hall–Kier alpha value is -0.940. The van der Waals surface area contributed by atoms with Gasteiger partial charge in [0.2, 0.25) is 6.29 Å². The molecule has 1 radical (unpaired) electrons. The maximum atomic E-state index is 9.71. The first kappa shape index (κ1) is 11.1. The highest BCUT2D eigenvalue weighted by molar-refractivity contribution is 6.13. The van der Waals surface area contributed by atoms with Crippen molar-refractivity contribution in [2.75, 3.05) is 39.5 Å². The van der Waals surface area contributed by atoms with Gasteiger partial charge in [0.1, 0.15) is 12.8 Å². The maximum absolute atomic E-state index is 9.71. The molecule has 14 heavy (non-hydrogen) atoms. The Morgan fingerprint density at radius 1 is 1.50 bits per heavy atom. The van der Waals surface area contributed by atoms with E-state index in [4.69, 9.17) is 9.57 Å². The molecule has 0 aliphatic carbocycles. The van der Waals surface area contributed by atoms with Crippen LogP contribution in [0.15, 0.2) is 5.16 Å². The lowest BCUT2D eigenvalue weighted by molar-refractivity contribution is 0.0323. The van der Waals surface area contributed by atoms with Crippen molar-refractivity contribution in [2.24, 2.45) is 5.16 Å². The fourth-order valence-electron chi connectivity index (χ4n) is 1.29. The third-order valence-corrected chi connectivity index (χ3v) is 1.99. The van der Waals surface area contributed by atoms with E-state index >= 15 is 0 Å². The Labute approximate surface area is 83.7 Å². The van der Waals surface area contributed by atoms with Gasteiger partial charge in [-0.15, -0.1) is 0 Å². The number of carbonyl (C=O) groups excluding carboxylic acids is 1. The van der Waals surface area contributed by atoms with Gasteiger partial charge < -0.3 is 9.57 Å². The Balaban J connectivity index is 1.92. The maximum Gasteiger partial charge on any atom is 0.248 e. The van der Waals surface area contributed by atoms with Gasteiger partial charge in [-0.3, -0.25) is 9.69 Å². The van der Waals surface area contributed by atoms with Crippen LogP contribution in [0.2, 0.25) is 0 Å². The first-order valence-corrected chi connectivity index (χ1v) is 4.75. The van der Waals surface area contributed by atoms with Crippen molar-refractivity contribution in [1.29, 1.82) is 0 Å². The second kappa shape index (κ2) is 7.46. The average molecular weight is 199 g/mol. The van der Waals surface area contributed by atoms with Crippen molar-refractivity contribution in [3.05, 3.63) is 0 Å². The molecule has 0 spiro atoms. The van der Waals surface area contributed by atoms with Crippen molar-refractivity contribution in [3.63, 3.8) is 0 Å². The molecule has 0 amide bonds. The molecule has 1 aliphatic rings. The lowest BCUT2D eigenvalue weighted by Gasteiger charge is -2.26. The van der Waals surface area contributed by atoms with Crippen molar-refractivity contribution in [2.45, 2.75) is 6.42 Å². The van der Waals surface area contributed by atoms with Crippen LogP contribution < -0.4 is 0 Å². The highest BCUT2D eigenvalue weighted by atomic mass is 16.6. The van der Waals surface area contributed by atoms with Gasteiger partial charge in [0.25, 0.3) is 0 Å². The number of morpholine rings is 1. The largest absolute Gasteiger partial charge is 0.396 e. The molecule has 0 saturated carbocycles.